The van der Waals surface area contributed by atoms with Crippen molar-refractivity contribution < 1.29 is 8.42 Å². The van der Waals surface area contributed by atoms with E-state index in [-0.39, 0.29) is 6.04 Å². The number of hydrogen-bond acceptors (Lipinski definition) is 3. The number of sulfonamides is 1. The molecule has 1 aromatic carbocycles. The van der Waals surface area contributed by atoms with Crippen LogP contribution in [0.3, 0.4) is 0 Å². The topological polar surface area (TPSA) is 40.6 Å². The molecule has 0 spiro atoms. The van der Waals surface area contributed by atoms with Crippen LogP contribution >= 0.6 is 0 Å². The highest BCUT2D eigenvalue weighted by Gasteiger charge is 2.47. The highest BCUT2D eigenvalue weighted by atomic mass is 32.2. The fourth-order valence-electron chi connectivity index (χ4n) is 3.11. The first-order valence-corrected chi connectivity index (χ1v) is 8.19. The van der Waals surface area contributed by atoms with Crippen LogP contribution in [-0.2, 0) is 10.0 Å². The van der Waals surface area contributed by atoms with Crippen molar-refractivity contribution in [2.45, 2.75) is 24.3 Å². The molecule has 0 bridgehead atoms. The Kier molecular flexibility index (Phi) is 3.15. The second-order valence-electron chi connectivity index (χ2n) is 5.77. The van der Waals surface area contributed by atoms with Crippen molar-refractivity contribution in [3.63, 3.8) is 0 Å². The third kappa shape index (κ3) is 2.20. The minimum absolute atomic E-state index is 0.211. The molecule has 0 aromatic heterocycles. The Balaban J connectivity index is 1.81. The Morgan fingerprint density at radius 2 is 1.84 bits per heavy atom. The summed E-state index contributed by atoms with van der Waals surface area (Å²) < 4.78 is 26.8. The van der Waals surface area contributed by atoms with Gasteiger partial charge >= 0.3 is 0 Å². The monoisotopic (exact) mass is 280 g/mol. The van der Waals surface area contributed by atoms with Gasteiger partial charge in [-0.2, -0.15) is 4.31 Å². The summed E-state index contributed by atoms with van der Waals surface area (Å²) in [7, 11) is -1.19. The first-order valence-electron chi connectivity index (χ1n) is 6.75. The zero-order chi connectivity index (χ0) is 13.6. The van der Waals surface area contributed by atoms with Crippen LogP contribution in [-0.4, -0.2) is 50.3 Å². The van der Waals surface area contributed by atoms with Gasteiger partial charge in [-0.25, -0.2) is 8.42 Å². The summed E-state index contributed by atoms with van der Waals surface area (Å²) in [4.78, 5) is 2.72. The normalized spacial score (nSPS) is 28.7. The predicted molar refractivity (Wildman–Crippen MR) is 74.5 cm³/mol. The summed E-state index contributed by atoms with van der Waals surface area (Å²) >= 11 is 0. The summed E-state index contributed by atoms with van der Waals surface area (Å²) in [5.74, 6) is 0.513. The molecular formula is C14H20N2O2S. The molecule has 0 aliphatic carbocycles. The van der Waals surface area contributed by atoms with E-state index in [4.69, 9.17) is 0 Å². The Bertz CT molecular complexity index is 568. The van der Waals surface area contributed by atoms with Crippen molar-refractivity contribution in [2.75, 3.05) is 26.7 Å². The molecule has 2 heterocycles. The Morgan fingerprint density at radius 1 is 1.16 bits per heavy atom. The number of piperidine rings is 1. The fourth-order valence-corrected chi connectivity index (χ4v) is 4.88. The molecule has 0 saturated carbocycles. The van der Waals surface area contributed by atoms with Gasteiger partial charge in [-0.1, -0.05) is 17.7 Å². The molecule has 1 aromatic rings. The quantitative estimate of drug-likeness (QED) is 0.820. The molecule has 0 amide bonds. The molecule has 0 unspecified atom stereocenters. The van der Waals surface area contributed by atoms with Crippen molar-refractivity contribution in [2.24, 2.45) is 5.92 Å². The van der Waals surface area contributed by atoms with Gasteiger partial charge in [0.1, 0.15) is 0 Å². The second kappa shape index (κ2) is 4.58. The molecule has 19 heavy (non-hydrogen) atoms. The smallest absolute Gasteiger partial charge is 0.243 e. The third-order valence-corrected chi connectivity index (χ3v) is 6.21. The van der Waals surface area contributed by atoms with Gasteiger partial charge in [0, 0.05) is 25.0 Å². The largest absolute Gasteiger partial charge is 0.306 e. The maximum absolute atomic E-state index is 12.6. The SMILES string of the molecule is Cc1ccc(S(=O)(=O)N2C[C@H]3CN(C)CC[C@H]32)cc1. The average molecular weight is 280 g/mol. The van der Waals surface area contributed by atoms with Crippen LogP contribution in [0.2, 0.25) is 0 Å². The molecule has 2 atom stereocenters. The number of aryl methyl sites for hydroxylation is 1. The molecule has 2 aliphatic rings. The van der Waals surface area contributed by atoms with Gasteiger partial charge in [0.2, 0.25) is 10.0 Å². The molecule has 0 N–H and O–H groups in total. The van der Waals surface area contributed by atoms with Gasteiger partial charge in [-0.3, -0.25) is 0 Å². The lowest BCUT2D eigenvalue weighted by Gasteiger charge is -2.51. The lowest BCUT2D eigenvalue weighted by Crippen LogP contribution is -2.64. The van der Waals surface area contributed by atoms with Crippen LogP contribution in [0.25, 0.3) is 0 Å². The van der Waals surface area contributed by atoms with Crippen molar-refractivity contribution >= 4 is 10.0 Å². The molecule has 2 saturated heterocycles. The Labute approximate surface area is 115 Å². The van der Waals surface area contributed by atoms with Crippen LogP contribution < -0.4 is 0 Å². The van der Waals surface area contributed by atoms with Crippen LogP contribution in [0, 0.1) is 12.8 Å². The lowest BCUT2D eigenvalue weighted by atomic mass is 9.85. The van der Waals surface area contributed by atoms with E-state index in [0.717, 1.165) is 25.1 Å². The molecule has 2 fully saturated rings. The summed E-state index contributed by atoms with van der Waals surface area (Å²) in [6.45, 7) is 4.64. The van der Waals surface area contributed by atoms with Gasteiger partial charge in [-0.05, 0) is 39.1 Å². The summed E-state index contributed by atoms with van der Waals surface area (Å²) in [6, 6.07) is 7.36. The molecule has 5 heteroatoms. The molecule has 3 rings (SSSR count). The number of benzene rings is 1. The van der Waals surface area contributed by atoms with Crippen LogP contribution in [0.1, 0.15) is 12.0 Å². The minimum Gasteiger partial charge on any atom is -0.306 e. The second-order valence-corrected chi connectivity index (χ2v) is 7.66. The van der Waals surface area contributed by atoms with Crippen LogP contribution in [0.5, 0.6) is 0 Å². The third-order valence-electron chi connectivity index (χ3n) is 4.31. The Morgan fingerprint density at radius 3 is 2.47 bits per heavy atom. The first kappa shape index (κ1) is 13.1. The highest BCUT2D eigenvalue weighted by molar-refractivity contribution is 7.89. The number of fused-ring (bicyclic) bond motifs is 1. The summed E-state index contributed by atoms with van der Waals surface area (Å²) in [5.41, 5.74) is 1.08. The molecule has 2 aliphatic heterocycles. The predicted octanol–water partition coefficient (Wildman–Crippen LogP) is 1.32. The number of likely N-dealkylation sites (tertiary alicyclic amines) is 1. The van der Waals surface area contributed by atoms with Crippen LogP contribution in [0.15, 0.2) is 29.2 Å². The van der Waals surface area contributed by atoms with E-state index in [1.165, 1.54) is 0 Å². The van der Waals surface area contributed by atoms with Crippen molar-refractivity contribution in [3.8, 4) is 0 Å². The van der Waals surface area contributed by atoms with Crippen molar-refractivity contribution in [1.82, 2.24) is 9.21 Å². The lowest BCUT2D eigenvalue weighted by molar-refractivity contribution is 0.0238. The zero-order valence-electron chi connectivity index (χ0n) is 11.4. The molecule has 0 radical (unpaired) electrons. The Hall–Kier alpha value is -0.910. The van der Waals surface area contributed by atoms with Crippen molar-refractivity contribution in [1.29, 1.82) is 0 Å². The maximum atomic E-state index is 12.6. The highest BCUT2D eigenvalue weighted by Crippen LogP contribution is 2.36. The van der Waals surface area contributed by atoms with E-state index in [9.17, 15) is 8.42 Å². The standard InChI is InChI=1S/C14H20N2O2S/c1-11-3-5-13(6-4-11)19(17,18)16-10-12-9-15(2)8-7-14(12)16/h3-6,12,14H,7-10H2,1-2H3/t12-,14-/m1/s1. The number of hydrogen-bond donors (Lipinski definition) is 0. The van der Waals surface area contributed by atoms with Gasteiger partial charge in [0.05, 0.1) is 4.90 Å². The van der Waals surface area contributed by atoms with Gasteiger partial charge in [-0.15, -0.1) is 0 Å². The van der Waals surface area contributed by atoms with Gasteiger partial charge < -0.3 is 4.90 Å². The van der Waals surface area contributed by atoms with Crippen molar-refractivity contribution in [3.05, 3.63) is 29.8 Å². The van der Waals surface area contributed by atoms with Gasteiger partial charge in [0.25, 0.3) is 0 Å². The number of nitrogens with zero attached hydrogens (tertiary/aromatic N) is 2. The van der Waals surface area contributed by atoms with E-state index in [1.807, 2.05) is 19.1 Å². The summed E-state index contributed by atoms with van der Waals surface area (Å²) in [5, 5.41) is 0. The number of rotatable bonds is 2. The van der Waals surface area contributed by atoms with E-state index in [1.54, 1.807) is 16.4 Å². The minimum atomic E-state index is -3.29. The summed E-state index contributed by atoms with van der Waals surface area (Å²) in [6.07, 6.45) is 0.951. The van der Waals surface area contributed by atoms with E-state index >= 15 is 0 Å². The molecule has 4 nitrogen and oxygen atoms in total. The molecule has 104 valence electrons. The van der Waals surface area contributed by atoms with E-state index in [2.05, 4.69) is 11.9 Å². The fraction of sp³-hybridized carbons (Fsp3) is 0.571. The van der Waals surface area contributed by atoms with Crippen LogP contribution in [0.4, 0.5) is 0 Å². The first-order chi connectivity index (χ1) is 8.98. The van der Waals surface area contributed by atoms with E-state index in [0.29, 0.717) is 17.4 Å². The maximum Gasteiger partial charge on any atom is 0.243 e. The zero-order valence-corrected chi connectivity index (χ0v) is 12.2. The van der Waals surface area contributed by atoms with E-state index < -0.39 is 10.0 Å². The molecular weight excluding hydrogens is 260 g/mol. The average Bonchev–Trinajstić information content (AvgIpc) is 2.33. The van der Waals surface area contributed by atoms with Gasteiger partial charge in [0.15, 0.2) is 0 Å².